The van der Waals surface area contributed by atoms with E-state index in [1.807, 2.05) is 0 Å². The highest BCUT2D eigenvalue weighted by molar-refractivity contribution is 6.04. The molecule has 0 atom stereocenters. The van der Waals surface area contributed by atoms with Crippen LogP contribution in [-0.2, 0) is 10.3 Å². The molecule has 2 rings (SSSR count). The van der Waals surface area contributed by atoms with Crippen LogP contribution in [0.2, 0.25) is 0 Å². The number of fused-ring (bicyclic) bond motifs is 1. The first-order valence-electron chi connectivity index (χ1n) is 5.37. The number of carbonyl (C=O) groups is 2. The molecule has 90 valence electrons. The molecule has 1 aromatic carbocycles. The molecule has 4 heteroatoms. The Labute approximate surface area is 99.2 Å². The average Bonchev–Trinajstić information content (AvgIpc) is 2.35. The number of hydrogen-bond donors (Lipinski definition) is 1. The van der Waals surface area contributed by atoms with Gasteiger partial charge in [0.2, 0.25) is 0 Å². The molecule has 17 heavy (non-hydrogen) atoms. The number of benzene rings is 1. The lowest BCUT2D eigenvalue weighted by Gasteiger charge is -2.18. The SMILES string of the molecule is CC(=O)c1c(O)cc2c(c1C)C(=O)OC2(C)C. The van der Waals surface area contributed by atoms with E-state index in [1.165, 1.54) is 13.0 Å². The lowest BCUT2D eigenvalue weighted by atomic mass is 9.89. The van der Waals surface area contributed by atoms with Gasteiger partial charge in [-0.3, -0.25) is 4.79 Å². The largest absolute Gasteiger partial charge is 0.507 e. The summed E-state index contributed by atoms with van der Waals surface area (Å²) in [6.45, 7) is 6.52. The number of carbonyl (C=O) groups excluding carboxylic acids is 2. The van der Waals surface area contributed by atoms with E-state index in [4.69, 9.17) is 4.74 Å². The van der Waals surface area contributed by atoms with Gasteiger partial charge in [0.05, 0.1) is 11.1 Å². The van der Waals surface area contributed by atoms with Gasteiger partial charge < -0.3 is 9.84 Å². The molecule has 1 N–H and O–H groups in total. The highest BCUT2D eigenvalue weighted by atomic mass is 16.6. The van der Waals surface area contributed by atoms with Gasteiger partial charge in [0.25, 0.3) is 0 Å². The van der Waals surface area contributed by atoms with Crippen molar-refractivity contribution in [3.63, 3.8) is 0 Å². The molecule has 0 saturated heterocycles. The maximum Gasteiger partial charge on any atom is 0.339 e. The first kappa shape index (κ1) is 11.6. The van der Waals surface area contributed by atoms with Crippen molar-refractivity contribution in [3.05, 3.63) is 28.3 Å². The number of phenolic OH excluding ortho intramolecular Hbond substituents is 1. The molecule has 1 aliphatic rings. The zero-order valence-corrected chi connectivity index (χ0v) is 10.2. The summed E-state index contributed by atoms with van der Waals surface area (Å²) < 4.78 is 5.23. The normalized spacial score (nSPS) is 16.6. The zero-order chi connectivity index (χ0) is 13.0. The first-order valence-corrected chi connectivity index (χ1v) is 5.37. The van der Waals surface area contributed by atoms with Crippen LogP contribution in [0.3, 0.4) is 0 Å². The van der Waals surface area contributed by atoms with Crippen LogP contribution in [0.4, 0.5) is 0 Å². The van der Waals surface area contributed by atoms with Gasteiger partial charge in [-0.15, -0.1) is 0 Å². The monoisotopic (exact) mass is 234 g/mol. The van der Waals surface area contributed by atoms with E-state index in [-0.39, 0.29) is 17.1 Å². The number of ketones is 1. The molecule has 4 nitrogen and oxygen atoms in total. The van der Waals surface area contributed by atoms with Crippen molar-refractivity contribution in [1.82, 2.24) is 0 Å². The van der Waals surface area contributed by atoms with Crippen LogP contribution in [-0.4, -0.2) is 16.9 Å². The highest BCUT2D eigenvalue weighted by Crippen LogP contribution is 2.41. The Hall–Kier alpha value is -1.84. The molecule has 0 fully saturated rings. The van der Waals surface area contributed by atoms with Crippen molar-refractivity contribution in [1.29, 1.82) is 0 Å². The number of rotatable bonds is 1. The Balaban J connectivity index is 2.82. The predicted octanol–water partition coefficient (Wildman–Crippen LogP) is 2.31. The second kappa shape index (κ2) is 3.32. The quantitative estimate of drug-likeness (QED) is 0.598. The number of Topliss-reactive ketones (excluding diaryl/α,β-unsaturated/α-hetero) is 1. The topological polar surface area (TPSA) is 63.6 Å². The van der Waals surface area contributed by atoms with E-state index in [1.54, 1.807) is 20.8 Å². The van der Waals surface area contributed by atoms with Gasteiger partial charge >= 0.3 is 5.97 Å². The summed E-state index contributed by atoms with van der Waals surface area (Å²) in [4.78, 5) is 23.2. The van der Waals surface area contributed by atoms with E-state index in [0.29, 0.717) is 16.7 Å². The van der Waals surface area contributed by atoms with Gasteiger partial charge in [-0.25, -0.2) is 4.79 Å². The van der Waals surface area contributed by atoms with Gasteiger partial charge in [-0.1, -0.05) is 0 Å². The molecule has 0 aliphatic carbocycles. The minimum absolute atomic E-state index is 0.0971. The third kappa shape index (κ3) is 1.52. The van der Waals surface area contributed by atoms with Crippen LogP contribution >= 0.6 is 0 Å². The number of cyclic esters (lactones) is 1. The van der Waals surface area contributed by atoms with Crippen LogP contribution in [0.15, 0.2) is 6.07 Å². The fourth-order valence-corrected chi connectivity index (χ4v) is 2.32. The lowest BCUT2D eigenvalue weighted by molar-refractivity contribution is 0.00946. The minimum atomic E-state index is -0.760. The Morgan fingerprint density at radius 3 is 2.53 bits per heavy atom. The van der Waals surface area contributed by atoms with Crippen LogP contribution in [0.5, 0.6) is 5.75 Å². The van der Waals surface area contributed by atoms with Crippen LogP contribution in [0.1, 0.15) is 52.6 Å². The first-order chi connectivity index (χ1) is 7.75. The number of aromatic hydroxyl groups is 1. The summed E-state index contributed by atoms with van der Waals surface area (Å²) in [6, 6.07) is 1.45. The van der Waals surface area contributed by atoms with Crippen molar-refractivity contribution in [2.45, 2.75) is 33.3 Å². The van der Waals surface area contributed by atoms with Gasteiger partial charge in [-0.2, -0.15) is 0 Å². The standard InChI is InChI=1S/C13H14O4/c1-6-10(7(2)14)9(15)5-8-11(6)12(16)17-13(8,3)4/h5,15H,1-4H3. The molecule has 0 saturated carbocycles. The summed E-state index contributed by atoms with van der Waals surface area (Å²) in [5.41, 5.74) is 0.950. The Bertz CT molecular complexity index is 541. The highest BCUT2D eigenvalue weighted by Gasteiger charge is 2.40. The molecule has 0 amide bonds. The Morgan fingerprint density at radius 1 is 1.41 bits per heavy atom. The zero-order valence-electron chi connectivity index (χ0n) is 10.2. The van der Waals surface area contributed by atoms with E-state index in [2.05, 4.69) is 0 Å². The molecule has 1 heterocycles. The Kier molecular flexibility index (Phi) is 2.28. The molecule has 0 radical (unpaired) electrons. The van der Waals surface area contributed by atoms with Crippen LogP contribution < -0.4 is 0 Å². The van der Waals surface area contributed by atoms with E-state index in [0.717, 1.165) is 0 Å². The van der Waals surface area contributed by atoms with E-state index < -0.39 is 11.6 Å². The summed E-state index contributed by atoms with van der Waals surface area (Å²) in [5.74, 6) is -0.801. The molecular formula is C13H14O4. The lowest BCUT2D eigenvalue weighted by Crippen LogP contribution is -2.16. The predicted molar refractivity (Wildman–Crippen MR) is 61.3 cm³/mol. The van der Waals surface area contributed by atoms with Crippen molar-refractivity contribution < 1.29 is 19.4 Å². The van der Waals surface area contributed by atoms with Gasteiger partial charge in [0.15, 0.2) is 5.78 Å². The third-order valence-corrected chi connectivity index (χ3v) is 3.11. The second-order valence-electron chi connectivity index (χ2n) is 4.77. The van der Waals surface area contributed by atoms with Crippen molar-refractivity contribution >= 4 is 11.8 Å². The molecule has 0 unspecified atom stereocenters. The molecule has 1 aliphatic heterocycles. The van der Waals surface area contributed by atoms with Crippen LogP contribution in [0, 0.1) is 6.92 Å². The summed E-state index contributed by atoms with van der Waals surface area (Å²) in [6.07, 6.45) is 0. The van der Waals surface area contributed by atoms with Gasteiger partial charge in [0, 0.05) is 5.56 Å². The van der Waals surface area contributed by atoms with Gasteiger partial charge in [-0.05, 0) is 39.3 Å². The summed E-state index contributed by atoms with van der Waals surface area (Å²) in [5, 5.41) is 9.86. The molecule has 1 aromatic rings. The van der Waals surface area contributed by atoms with Gasteiger partial charge in [0.1, 0.15) is 11.4 Å². The third-order valence-electron chi connectivity index (χ3n) is 3.11. The smallest absolute Gasteiger partial charge is 0.339 e. The molecule has 0 aromatic heterocycles. The number of esters is 1. The average molecular weight is 234 g/mol. The Morgan fingerprint density at radius 2 is 2.00 bits per heavy atom. The van der Waals surface area contributed by atoms with Crippen LogP contribution in [0.25, 0.3) is 0 Å². The molecule has 0 spiro atoms. The van der Waals surface area contributed by atoms with Crippen molar-refractivity contribution in [2.24, 2.45) is 0 Å². The maximum absolute atomic E-state index is 11.8. The summed E-state index contributed by atoms with van der Waals surface area (Å²) >= 11 is 0. The fraction of sp³-hybridized carbons (Fsp3) is 0.385. The fourth-order valence-electron chi connectivity index (χ4n) is 2.32. The van der Waals surface area contributed by atoms with E-state index in [9.17, 15) is 14.7 Å². The molecular weight excluding hydrogens is 220 g/mol. The molecule has 0 bridgehead atoms. The summed E-state index contributed by atoms with van der Waals surface area (Å²) in [7, 11) is 0. The second-order valence-corrected chi connectivity index (χ2v) is 4.77. The number of phenols is 1. The number of ether oxygens (including phenoxy) is 1. The maximum atomic E-state index is 11.8. The van der Waals surface area contributed by atoms with Crippen molar-refractivity contribution in [3.8, 4) is 5.75 Å². The van der Waals surface area contributed by atoms with Crippen molar-refractivity contribution in [2.75, 3.05) is 0 Å². The minimum Gasteiger partial charge on any atom is -0.507 e. The number of hydrogen-bond acceptors (Lipinski definition) is 4. The van der Waals surface area contributed by atoms with E-state index >= 15 is 0 Å².